The quantitative estimate of drug-likeness (QED) is 0.620. The molecule has 158 valence electrons. The number of amides is 1. The Kier molecular flexibility index (Phi) is 9.57. The van der Waals surface area contributed by atoms with E-state index in [9.17, 15) is 14.7 Å². The molecule has 1 rings (SSSR count). The van der Waals surface area contributed by atoms with Crippen molar-refractivity contribution in [1.82, 2.24) is 10.2 Å². The van der Waals surface area contributed by atoms with Crippen LogP contribution >= 0.6 is 0 Å². The topological polar surface area (TPSA) is 78.9 Å². The Balaban J connectivity index is 2.71. The molecule has 6 nitrogen and oxygen atoms in total. The summed E-state index contributed by atoms with van der Waals surface area (Å²) in [6.07, 6.45) is 6.95. The molecular formula is C21H40N2O4. The van der Waals surface area contributed by atoms with E-state index >= 15 is 0 Å². The van der Waals surface area contributed by atoms with E-state index in [1.807, 2.05) is 32.7 Å². The van der Waals surface area contributed by atoms with Crippen LogP contribution in [-0.4, -0.2) is 53.3 Å². The van der Waals surface area contributed by atoms with Gasteiger partial charge in [0.25, 0.3) is 0 Å². The van der Waals surface area contributed by atoms with Crippen LogP contribution < -0.4 is 5.32 Å². The molecule has 0 unspecified atom stereocenters. The molecular weight excluding hydrogens is 344 g/mol. The highest BCUT2D eigenvalue weighted by atomic mass is 16.6. The highest BCUT2D eigenvalue weighted by Gasteiger charge is 2.30. The molecule has 2 N–H and O–H groups in total. The lowest BCUT2D eigenvalue weighted by atomic mass is 9.84. The van der Waals surface area contributed by atoms with Crippen molar-refractivity contribution in [3.05, 3.63) is 0 Å². The van der Waals surface area contributed by atoms with Gasteiger partial charge in [0.2, 0.25) is 0 Å². The van der Waals surface area contributed by atoms with Crippen LogP contribution in [0.1, 0.15) is 79.6 Å². The van der Waals surface area contributed by atoms with Crippen LogP contribution in [0.4, 0.5) is 4.79 Å². The Morgan fingerprint density at radius 1 is 1.19 bits per heavy atom. The summed E-state index contributed by atoms with van der Waals surface area (Å²) in [5.41, 5.74) is -0.553. The van der Waals surface area contributed by atoms with Crippen molar-refractivity contribution in [3.8, 4) is 0 Å². The number of nitrogens with one attached hydrogen (secondary N) is 1. The van der Waals surface area contributed by atoms with E-state index in [4.69, 9.17) is 4.74 Å². The maximum Gasteiger partial charge on any atom is 0.407 e. The SMILES string of the molecule is CC(C)C[C@@H](CN(C)[C@@H](CC1CCCCC1)C(=O)O)NC(=O)OC(C)(C)C. The van der Waals surface area contributed by atoms with Gasteiger partial charge in [0, 0.05) is 12.6 Å². The second kappa shape index (κ2) is 10.9. The largest absolute Gasteiger partial charge is 0.480 e. The third-order valence-electron chi connectivity index (χ3n) is 5.08. The van der Waals surface area contributed by atoms with Crippen molar-refractivity contribution in [2.75, 3.05) is 13.6 Å². The van der Waals surface area contributed by atoms with E-state index in [1.54, 1.807) is 0 Å². The number of aliphatic carboxylic acids is 1. The van der Waals surface area contributed by atoms with E-state index in [1.165, 1.54) is 19.3 Å². The van der Waals surface area contributed by atoms with Gasteiger partial charge in [-0.1, -0.05) is 46.0 Å². The molecule has 0 bridgehead atoms. The van der Waals surface area contributed by atoms with Gasteiger partial charge in [-0.15, -0.1) is 0 Å². The normalized spacial score (nSPS) is 18.4. The molecule has 0 spiro atoms. The van der Waals surface area contributed by atoms with E-state index < -0.39 is 23.7 Å². The molecule has 0 saturated heterocycles. The molecule has 0 heterocycles. The van der Waals surface area contributed by atoms with Gasteiger partial charge in [-0.3, -0.25) is 9.69 Å². The van der Waals surface area contributed by atoms with Crippen molar-refractivity contribution in [2.24, 2.45) is 11.8 Å². The Morgan fingerprint density at radius 2 is 1.78 bits per heavy atom. The molecule has 1 amide bonds. The molecule has 1 fully saturated rings. The van der Waals surface area contributed by atoms with Gasteiger partial charge in [0.05, 0.1) is 0 Å². The fraction of sp³-hybridized carbons (Fsp3) is 0.905. The van der Waals surface area contributed by atoms with Gasteiger partial charge in [-0.05, 0) is 52.5 Å². The van der Waals surface area contributed by atoms with Crippen molar-refractivity contribution < 1.29 is 19.4 Å². The Bertz CT molecular complexity index is 467. The molecule has 0 aromatic rings. The van der Waals surface area contributed by atoms with Gasteiger partial charge in [-0.25, -0.2) is 4.79 Å². The number of carboxylic acids is 1. The number of hydrogen-bond acceptors (Lipinski definition) is 4. The van der Waals surface area contributed by atoms with Crippen molar-refractivity contribution in [3.63, 3.8) is 0 Å². The first-order valence-electron chi connectivity index (χ1n) is 10.4. The standard InChI is InChI=1S/C21H40N2O4/c1-15(2)12-17(22-20(26)27-21(3,4)5)14-23(6)18(19(24)25)13-16-10-8-7-9-11-16/h15-18H,7-14H2,1-6H3,(H,22,26)(H,24,25)/t17-,18-/m0/s1. The van der Waals surface area contributed by atoms with Crippen LogP contribution in [0.3, 0.4) is 0 Å². The highest BCUT2D eigenvalue weighted by Crippen LogP contribution is 2.28. The molecule has 1 aliphatic carbocycles. The van der Waals surface area contributed by atoms with E-state index in [0.717, 1.165) is 19.3 Å². The lowest BCUT2D eigenvalue weighted by Crippen LogP contribution is -2.49. The Morgan fingerprint density at radius 3 is 2.26 bits per heavy atom. The van der Waals surface area contributed by atoms with Gasteiger partial charge in [0.1, 0.15) is 11.6 Å². The second-order valence-electron chi connectivity index (χ2n) is 9.51. The molecule has 0 aromatic heterocycles. The number of carbonyl (C=O) groups excluding carboxylic acids is 1. The zero-order chi connectivity index (χ0) is 20.6. The smallest absolute Gasteiger partial charge is 0.407 e. The van der Waals surface area contributed by atoms with E-state index in [-0.39, 0.29) is 6.04 Å². The van der Waals surface area contributed by atoms with Crippen LogP contribution in [0.25, 0.3) is 0 Å². The zero-order valence-electron chi connectivity index (χ0n) is 18.1. The third-order valence-corrected chi connectivity index (χ3v) is 5.08. The number of alkyl carbamates (subject to hydrolysis) is 1. The summed E-state index contributed by atoms with van der Waals surface area (Å²) >= 11 is 0. The summed E-state index contributed by atoms with van der Waals surface area (Å²) in [4.78, 5) is 25.9. The summed E-state index contributed by atoms with van der Waals surface area (Å²) < 4.78 is 5.38. The summed E-state index contributed by atoms with van der Waals surface area (Å²) in [5, 5.41) is 12.7. The van der Waals surface area contributed by atoms with Gasteiger partial charge >= 0.3 is 12.1 Å². The number of ether oxygens (including phenoxy) is 1. The number of hydrogen-bond donors (Lipinski definition) is 2. The summed E-state index contributed by atoms with van der Waals surface area (Å²) in [6, 6.07) is -0.652. The van der Waals surface area contributed by atoms with Crippen molar-refractivity contribution >= 4 is 12.1 Å². The summed E-state index contributed by atoms with van der Waals surface area (Å²) in [7, 11) is 1.85. The maximum atomic E-state index is 12.2. The Hall–Kier alpha value is -1.30. The van der Waals surface area contributed by atoms with Crippen LogP contribution in [0.2, 0.25) is 0 Å². The minimum Gasteiger partial charge on any atom is -0.480 e. The molecule has 6 heteroatoms. The molecule has 2 atom stereocenters. The zero-order valence-corrected chi connectivity index (χ0v) is 18.1. The predicted octanol–water partition coefficient (Wildman–Crippen LogP) is 4.28. The summed E-state index contributed by atoms with van der Waals surface area (Å²) in [5.74, 6) is 0.105. The number of carboxylic acid groups (broad SMARTS) is 1. The third kappa shape index (κ3) is 9.99. The number of likely N-dealkylation sites (N-methyl/N-ethyl adjacent to an activating group) is 1. The maximum absolute atomic E-state index is 12.2. The molecule has 1 saturated carbocycles. The molecule has 0 radical (unpaired) electrons. The van der Waals surface area contributed by atoms with Crippen LogP contribution in [0.5, 0.6) is 0 Å². The number of rotatable bonds is 9. The van der Waals surface area contributed by atoms with Crippen LogP contribution in [-0.2, 0) is 9.53 Å². The molecule has 0 aromatic carbocycles. The average molecular weight is 385 g/mol. The fourth-order valence-corrected chi connectivity index (χ4v) is 3.91. The monoisotopic (exact) mass is 384 g/mol. The minimum atomic E-state index is -0.774. The first kappa shape index (κ1) is 23.7. The van der Waals surface area contributed by atoms with Gasteiger partial charge in [0.15, 0.2) is 0 Å². The van der Waals surface area contributed by atoms with Crippen molar-refractivity contribution in [2.45, 2.75) is 97.2 Å². The lowest BCUT2D eigenvalue weighted by molar-refractivity contribution is -0.143. The molecule has 0 aliphatic heterocycles. The van der Waals surface area contributed by atoms with Crippen molar-refractivity contribution in [1.29, 1.82) is 0 Å². The minimum absolute atomic E-state index is 0.141. The lowest BCUT2D eigenvalue weighted by Gasteiger charge is -2.33. The summed E-state index contributed by atoms with van der Waals surface area (Å²) in [6.45, 7) is 10.2. The van der Waals surface area contributed by atoms with Crippen LogP contribution in [0.15, 0.2) is 0 Å². The second-order valence-corrected chi connectivity index (χ2v) is 9.51. The van der Waals surface area contributed by atoms with E-state index in [2.05, 4.69) is 19.2 Å². The number of nitrogens with zero attached hydrogens (tertiary/aromatic N) is 1. The highest BCUT2D eigenvalue weighted by molar-refractivity contribution is 5.73. The molecule has 1 aliphatic rings. The number of carbonyl (C=O) groups is 2. The van der Waals surface area contributed by atoms with E-state index in [0.29, 0.717) is 24.8 Å². The first-order valence-corrected chi connectivity index (χ1v) is 10.4. The van der Waals surface area contributed by atoms with Crippen LogP contribution in [0, 0.1) is 11.8 Å². The fourth-order valence-electron chi connectivity index (χ4n) is 3.91. The Labute approximate surface area is 165 Å². The predicted molar refractivity (Wildman–Crippen MR) is 108 cm³/mol. The van der Waals surface area contributed by atoms with Gasteiger partial charge < -0.3 is 15.2 Å². The van der Waals surface area contributed by atoms with Gasteiger partial charge in [-0.2, -0.15) is 0 Å². The molecule has 27 heavy (non-hydrogen) atoms. The average Bonchev–Trinajstić information content (AvgIpc) is 2.50. The first-order chi connectivity index (χ1) is 12.5.